The van der Waals surface area contributed by atoms with Crippen molar-refractivity contribution in [3.63, 3.8) is 0 Å². The molecule has 18 heavy (non-hydrogen) atoms. The van der Waals surface area contributed by atoms with Crippen molar-refractivity contribution in [1.29, 1.82) is 0 Å². The zero-order valence-corrected chi connectivity index (χ0v) is 10.8. The molecule has 0 aliphatic rings. The molecule has 0 bridgehead atoms. The van der Waals surface area contributed by atoms with Crippen molar-refractivity contribution in [2.24, 2.45) is 0 Å². The standard InChI is InChI=1S/C15H13NOS/c1-17-14-7-6-12(15-13(14)8-9-18-15)10-2-4-11(16)5-3-10/h2-9H,16H2,1H3. The third-order valence-corrected chi connectivity index (χ3v) is 3.97. The molecule has 0 radical (unpaired) electrons. The normalized spacial score (nSPS) is 10.7. The third kappa shape index (κ3) is 1.73. The van der Waals surface area contributed by atoms with E-state index in [4.69, 9.17) is 10.5 Å². The minimum absolute atomic E-state index is 0.787. The van der Waals surface area contributed by atoms with Crippen LogP contribution in [0.25, 0.3) is 21.2 Å². The van der Waals surface area contributed by atoms with Gasteiger partial charge in [0.25, 0.3) is 0 Å². The molecule has 0 spiro atoms. The van der Waals surface area contributed by atoms with Crippen LogP contribution in [0, 0.1) is 0 Å². The van der Waals surface area contributed by atoms with E-state index in [-0.39, 0.29) is 0 Å². The smallest absolute Gasteiger partial charge is 0.127 e. The van der Waals surface area contributed by atoms with Crippen LogP contribution in [0.3, 0.4) is 0 Å². The van der Waals surface area contributed by atoms with E-state index in [9.17, 15) is 0 Å². The van der Waals surface area contributed by atoms with Crippen molar-refractivity contribution in [3.05, 3.63) is 47.8 Å². The van der Waals surface area contributed by atoms with E-state index in [0.29, 0.717) is 0 Å². The molecule has 3 heteroatoms. The van der Waals surface area contributed by atoms with Gasteiger partial charge in [-0.25, -0.2) is 0 Å². The quantitative estimate of drug-likeness (QED) is 0.698. The van der Waals surface area contributed by atoms with Gasteiger partial charge in [-0.2, -0.15) is 0 Å². The largest absolute Gasteiger partial charge is 0.496 e. The molecule has 0 aliphatic heterocycles. The van der Waals surface area contributed by atoms with E-state index in [1.54, 1.807) is 18.4 Å². The lowest BCUT2D eigenvalue weighted by Gasteiger charge is -2.07. The van der Waals surface area contributed by atoms with Gasteiger partial charge in [0.2, 0.25) is 0 Å². The summed E-state index contributed by atoms with van der Waals surface area (Å²) in [6.07, 6.45) is 0. The Hall–Kier alpha value is -2.00. The number of anilines is 1. The van der Waals surface area contributed by atoms with Gasteiger partial charge < -0.3 is 10.5 Å². The van der Waals surface area contributed by atoms with Crippen molar-refractivity contribution < 1.29 is 4.74 Å². The van der Waals surface area contributed by atoms with Crippen molar-refractivity contribution in [2.75, 3.05) is 12.8 Å². The van der Waals surface area contributed by atoms with Crippen LogP contribution in [0.1, 0.15) is 0 Å². The van der Waals surface area contributed by atoms with Crippen LogP contribution in [0.5, 0.6) is 5.75 Å². The van der Waals surface area contributed by atoms with Gasteiger partial charge in [-0.05, 0) is 46.8 Å². The van der Waals surface area contributed by atoms with Gasteiger partial charge in [-0.1, -0.05) is 12.1 Å². The first kappa shape index (κ1) is 11.1. The number of ether oxygens (including phenoxy) is 1. The Morgan fingerprint density at radius 2 is 1.78 bits per heavy atom. The van der Waals surface area contributed by atoms with Crippen molar-refractivity contribution in [1.82, 2.24) is 0 Å². The van der Waals surface area contributed by atoms with E-state index in [2.05, 4.69) is 29.6 Å². The summed E-state index contributed by atoms with van der Waals surface area (Å²) in [6.45, 7) is 0. The average molecular weight is 255 g/mol. The predicted octanol–water partition coefficient (Wildman–Crippen LogP) is 4.16. The van der Waals surface area contributed by atoms with Crippen molar-refractivity contribution in [2.45, 2.75) is 0 Å². The fraction of sp³-hybridized carbons (Fsp3) is 0.0667. The summed E-state index contributed by atoms with van der Waals surface area (Å²) in [5.41, 5.74) is 8.92. The maximum atomic E-state index is 5.73. The third-order valence-electron chi connectivity index (χ3n) is 3.02. The van der Waals surface area contributed by atoms with Gasteiger partial charge >= 0.3 is 0 Å². The SMILES string of the molecule is COc1ccc(-c2ccc(N)cc2)c2sccc12. The lowest BCUT2D eigenvalue weighted by Crippen LogP contribution is -1.86. The van der Waals surface area contributed by atoms with Gasteiger partial charge in [-0.15, -0.1) is 11.3 Å². The lowest BCUT2D eigenvalue weighted by molar-refractivity contribution is 0.420. The summed E-state index contributed by atoms with van der Waals surface area (Å²) in [5.74, 6) is 0.922. The van der Waals surface area contributed by atoms with Gasteiger partial charge in [0.1, 0.15) is 5.75 Å². The first-order valence-electron chi connectivity index (χ1n) is 5.69. The highest BCUT2D eigenvalue weighted by molar-refractivity contribution is 7.17. The predicted molar refractivity (Wildman–Crippen MR) is 78.2 cm³/mol. The summed E-state index contributed by atoms with van der Waals surface area (Å²) >= 11 is 1.73. The molecule has 0 saturated heterocycles. The molecule has 0 saturated carbocycles. The molecule has 0 amide bonds. The molecule has 1 heterocycles. The minimum Gasteiger partial charge on any atom is -0.496 e. The van der Waals surface area contributed by atoms with Crippen LogP contribution in [0.2, 0.25) is 0 Å². The van der Waals surface area contributed by atoms with Gasteiger partial charge in [0, 0.05) is 15.8 Å². The van der Waals surface area contributed by atoms with Crippen LogP contribution < -0.4 is 10.5 Å². The summed E-state index contributed by atoms with van der Waals surface area (Å²) in [7, 11) is 1.70. The first-order valence-corrected chi connectivity index (χ1v) is 6.57. The van der Waals surface area contributed by atoms with Crippen molar-refractivity contribution in [3.8, 4) is 16.9 Å². The van der Waals surface area contributed by atoms with E-state index in [0.717, 1.165) is 16.8 Å². The molecular weight excluding hydrogens is 242 g/mol. The molecule has 0 aliphatic carbocycles. The van der Waals surface area contributed by atoms with E-state index in [1.807, 2.05) is 18.2 Å². The highest BCUT2D eigenvalue weighted by Gasteiger charge is 2.09. The van der Waals surface area contributed by atoms with E-state index >= 15 is 0 Å². The monoisotopic (exact) mass is 255 g/mol. The number of hydrogen-bond acceptors (Lipinski definition) is 3. The first-order chi connectivity index (χ1) is 8.79. The van der Waals surface area contributed by atoms with Crippen LogP contribution >= 0.6 is 11.3 Å². The molecule has 3 aromatic rings. The Labute approximate surface area is 110 Å². The molecular formula is C15H13NOS. The number of rotatable bonds is 2. The molecule has 1 aromatic heterocycles. The highest BCUT2D eigenvalue weighted by Crippen LogP contribution is 2.37. The Bertz CT molecular complexity index is 685. The zero-order valence-electron chi connectivity index (χ0n) is 10.0. The van der Waals surface area contributed by atoms with Crippen LogP contribution in [0.15, 0.2) is 47.8 Å². The number of nitrogen functional groups attached to an aromatic ring is 1. The maximum Gasteiger partial charge on any atom is 0.127 e. The maximum absolute atomic E-state index is 5.73. The average Bonchev–Trinajstić information content (AvgIpc) is 2.88. The van der Waals surface area contributed by atoms with Crippen LogP contribution in [-0.4, -0.2) is 7.11 Å². The number of hydrogen-bond donors (Lipinski definition) is 1. The molecule has 90 valence electrons. The molecule has 2 nitrogen and oxygen atoms in total. The van der Waals surface area contributed by atoms with Crippen LogP contribution in [-0.2, 0) is 0 Å². The second-order valence-electron chi connectivity index (χ2n) is 4.10. The van der Waals surface area contributed by atoms with Gasteiger partial charge in [0.15, 0.2) is 0 Å². The summed E-state index contributed by atoms with van der Waals surface area (Å²) in [4.78, 5) is 0. The fourth-order valence-corrected chi connectivity index (χ4v) is 3.05. The number of thiophene rings is 1. The minimum atomic E-state index is 0.787. The number of nitrogens with two attached hydrogens (primary N) is 1. The second kappa shape index (κ2) is 4.35. The Morgan fingerprint density at radius 1 is 1.00 bits per heavy atom. The number of benzene rings is 2. The molecule has 0 fully saturated rings. The fourth-order valence-electron chi connectivity index (χ4n) is 2.10. The van der Waals surface area contributed by atoms with Gasteiger partial charge in [0.05, 0.1) is 7.11 Å². The topological polar surface area (TPSA) is 35.2 Å². The van der Waals surface area contributed by atoms with E-state index in [1.165, 1.54) is 15.8 Å². The molecule has 2 aromatic carbocycles. The summed E-state index contributed by atoms with van der Waals surface area (Å²) in [5, 5.41) is 3.25. The summed E-state index contributed by atoms with van der Waals surface area (Å²) < 4.78 is 6.63. The molecule has 0 atom stereocenters. The number of fused-ring (bicyclic) bond motifs is 1. The van der Waals surface area contributed by atoms with E-state index < -0.39 is 0 Å². The highest BCUT2D eigenvalue weighted by atomic mass is 32.1. The second-order valence-corrected chi connectivity index (χ2v) is 5.02. The lowest BCUT2D eigenvalue weighted by atomic mass is 10.0. The van der Waals surface area contributed by atoms with Gasteiger partial charge in [-0.3, -0.25) is 0 Å². The Morgan fingerprint density at radius 3 is 2.50 bits per heavy atom. The zero-order chi connectivity index (χ0) is 12.5. The van der Waals surface area contributed by atoms with Crippen molar-refractivity contribution >= 4 is 27.1 Å². The molecule has 0 unspecified atom stereocenters. The van der Waals surface area contributed by atoms with Crippen LogP contribution in [0.4, 0.5) is 5.69 Å². The number of methoxy groups -OCH3 is 1. The molecule has 2 N–H and O–H groups in total. The molecule has 3 rings (SSSR count). The Balaban J connectivity index is 2.24. The summed E-state index contributed by atoms with van der Waals surface area (Å²) in [6, 6.07) is 14.2. The Kier molecular flexibility index (Phi) is 2.68.